The average Bonchev–Trinajstić information content (AvgIpc) is 3.96. The van der Waals surface area contributed by atoms with E-state index in [9.17, 15) is 16.8 Å². The van der Waals surface area contributed by atoms with Crippen LogP contribution in [-0.4, -0.2) is 94.9 Å². The molecule has 11 nitrogen and oxygen atoms in total. The van der Waals surface area contributed by atoms with Crippen LogP contribution in [0.15, 0.2) is 81.2 Å². The molecule has 0 aliphatic carbocycles. The number of piperazine rings is 2. The van der Waals surface area contributed by atoms with Crippen molar-refractivity contribution in [2.24, 2.45) is 0 Å². The van der Waals surface area contributed by atoms with Gasteiger partial charge in [0.15, 0.2) is 10.3 Å². The van der Waals surface area contributed by atoms with Gasteiger partial charge >= 0.3 is 0 Å². The maximum Gasteiger partial charge on any atom is 0.243 e. The highest BCUT2D eigenvalue weighted by molar-refractivity contribution is 7.89. The van der Waals surface area contributed by atoms with Crippen molar-refractivity contribution in [2.45, 2.75) is 84.9 Å². The van der Waals surface area contributed by atoms with Gasteiger partial charge in [0.25, 0.3) is 0 Å². The number of methoxy groups -OCH3 is 1. The number of nitrogens with zero attached hydrogens (tertiary/aromatic N) is 6. The van der Waals surface area contributed by atoms with Crippen LogP contribution < -0.4 is 14.5 Å². The van der Waals surface area contributed by atoms with Crippen LogP contribution in [0.1, 0.15) is 72.6 Å². The van der Waals surface area contributed by atoms with Crippen LogP contribution in [0.5, 0.6) is 5.75 Å². The third-order valence-electron chi connectivity index (χ3n) is 12.9. The molecule has 0 bridgehead atoms. The molecule has 2 aliphatic heterocycles. The molecular formula is C50H62N6O5S4. The molecule has 346 valence electrons. The number of ether oxygens (including phenoxy) is 1. The summed E-state index contributed by atoms with van der Waals surface area (Å²) in [5, 5.41) is 6.11. The molecule has 0 atom stereocenters. The Hall–Kier alpha value is -4.64. The van der Waals surface area contributed by atoms with Gasteiger partial charge in [-0.05, 0) is 118 Å². The third kappa shape index (κ3) is 10.5. The van der Waals surface area contributed by atoms with E-state index in [0.29, 0.717) is 68.6 Å². The minimum absolute atomic E-state index is 0.454. The van der Waals surface area contributed by atoms with E-state index in [1.54, 1.807) is 38.4 Å². The summed E-state index contributed by atoms with van der Waals surface area (Å²) in [4.78, 5) is 15.0. The first-order chi connectivity index (χ1) is 30.9. The van der Waals surface area contributed by atoms with Crippen molar-refractivity contribution < 1.29 is 21.6 Å². The highest BCUT2D eigenvalue weighted by Crippen LogP contribution is 2.33. The monoisotopic (exact) mass is 954 g/mol. The molecule has 0 spiro atoms. The van der Waals surface area contributed by atoms with Gasteiger partial charge in [0.2, 0.25) is 20.0 Å². The predicted octanol–water partition coefficient (Wildman–Crippen LogP) is 9.27. The Balaban J connectivity index is 0.000000194. The van der Waals surface area contributed by atoms with E-state index in [4.69, 9.17) is 14.7 Å². The number of hydrogen-bond donors (Lipinski definition) is 0. The van der Waals surface area contributed by atoms with Crippen LogP contribution in [0.3, 0.4) is 0 Å². The molecule has 0 amide bonds. The molecule has 0 unspecified atom stereocenters. The number of hydrogen-bond acceptors (Lipinski definition) is 11. The van der Waals surface area contributed by atoms with Crippen molar-refractivity contribution >= 4 is 53.0 Å². The van der Waals surface area contributed by atoms with Crippen molar-refractivity contribution in [3.63, 3.8) is 0 Å². The van der Waals surface area contributed by atoms with Gasteiger partial charge in [-0.15, -0.1) is 22.7 Å². The summed E-state index contributed by atoms with van der Waals surface area (Å²) in [6, 6.07) is 20.6. The van der Waals surface area contributed by atoms with E-state index in [2.05, 4.69) is 69.9 Å². The van der Waals surface area contributed by atoms with Gasteiger partial charge in [-0.3, -0.25) is 0 Å². The molecule has 15 heteroatoms. The summed E-state index contributed by atoms with van der Waals surface area (Å²) in [6.07, 6.45) is 1.53. The summed E-state index contributed by atoms with van der Waals surface area (Å²) in [6.45, 7) is 22.1. The summed E-state index contributed by atoms with van der Waals surface area (Å²) < 4.78 is 62.8. The smallest absolute Gasteiger partial charge is 0.243 e. The predicted molar refractivity (Wildman–Crippen MR) is 267 cm³/mol. The van der Waals surface area contributed by atoms with Gasteiger partial charge in [-0.2, -0.15) is 8.61 Å². The van der Waals surface area contributed by atoms with Gasteiger partial charge in [0.05, 0.1) is 28.3 Å². The summed E-state index contributed by atoms with van der Waals surface area (Å²) in [7, 11) is -5.38. The van der Waals surface area contributed by atoms with E-state index in [1.165, 1.54) is 11.1 Å². The fourth-order valence-corrected chi connectivity index (χ4v) is 14.5. The highest BCUT2D eigenvalue weighted by atomic mass is 32.2. The molecule has 6 aromatic rings. The van der Waals surface area contributed by atoms with Crippen LogP contribution >= 0.6 is 22.7 Å². The molecule has 4 heterocycles. The summed E-state index contributed by atoms with van der Waals surface area (Å²) in [5.74, 6) is 0.864. The van der Waals surface area contributed by atoms with E-state index in [-0.39, 0.29) is 0 Å². The van der Waals surface area contributed by atoms with E-state index < -0.39 is 20.0 Å². The average molecular weight is 955 g/mol. The molecule has 2 fully saturated rings. The lowest BCUT2D eigenvalue weighted by Gasteiger charge is -2.34. The van der Waals surface area contributed by atoms with Crippen LogP contribution in [0.4, 0.5) is 10.3 Å². The second kappa shape index (κ2) is 20.1. The number of aryl methyl sites for hydroxylation is 5. The van der Waals surface area contributed by atoms with Gasteiger partial charge < -0.3 is 14.5 Å². The second-order valence-corrected chi connectivity index (χ2v) is 22.8. The molecule has 65 heavy (non-hydrogen) atoms. The number of sulfonamides is 2. The second-order valence-electron chi connectivity index (χ2n) is 17.4. The van der Waals surface area contributed by atoms with Crippen LogP contribution in [0.25, 0.3) is 0 Å². The van der Waals surface area contributed by atoms with Gasteiger partial charge in [0, 0.05) is 81.5 Å². The maximum absolute atomic E-state index is 13.5. The standard InChI is InChI=1S/C25H31N3O3S2.C25H31N3O2S2/c1-17-14-18(2)20(4)24(19(17)3)33(29,30)28-12-10-27(11-13-28)25-26-22(16-32-25)15-21-8-6-7-9-23(21)31-5;1-17-7-6-8-22(13-17)15-23-16-31-25(26-23)27-9-11-28(12-10-27)32(29,30)24-20(4)18(2)14-19(3)21(24)5/h6-9,14,16H,10-13,15H2,1-5H3;6-8,13-14,16H,9-12,15H2,1-5H3. The Kier molecular flexibility index (Phi) is 14.9. The van der Waals surface area contributed by atoms with Crippen LogP contribution in [0, 0.1) is 62.3 Å². The molecule has 2 aromatic heterocycles. The van der Waals surface area contributed by atoms with Crippen molar-refractivity contribution in [2.75, 3.05) is 69.3 Å². The summed E-state index contributed by atoms with van der Waals surface area (Å²) >= 11 is 3.25. The zero-order chi connectivity index (χ0) is 46.8. The first-order valence-corrected chi connectivity index (χ1v) is 26.7. The molecule has 2 saturated heterocycles. The Morgan fingerprint density at radius 3 is 1.40 bits per heavy atom. The maximum atomic E-state index is 13.5. The van der Waals surface area contributed by atoms with Gasteiger partial charge in [0.1, 0.15) is 5.75 Å². The first-order valence-electron chi connectivity index (χ1n) is 22.1. The molecular weight excluding hydrogens is 893 g/mol. The molecule has 2 aliphatic rings. The number of thiazole rings is 2. The topological polar surface area (TPSA) is 116 Å². The number of rotatable bonds is 11. The quantitative estimate of drug-likeness (QED) is 0.125. The lowest BCUT2D eigenvalue weighted by Crippen LogP contribution is -2.49. The van der Waals surface area contributed by atoms with Crippen molar-refractivity contribution in [1.29, 1.82) is 0 Å². The molecule has 4 aromatic carbocycles. The van der Waals surface area contributed by atoms with Crippen molar-refractivity contribution in [3.8, 4) is 5.75 Å². The van der Waals surface area contributed by atoms with Crippen molar-refractivity contribution in [1.82, 2.24) is 18.6 Å². The van der Waals surface area contributed by atoms with Crippen LogP contribution in [-0.2, 0) is 32.9 Å². The lowest BCUT2D eigenvalue weighted by atomic mass is 10.0. The van der Waals surface area contributed by atoms with Gasteiger partial charge in [-0.25, -0.2) is 26.8 Å². The minimum atomic E-state index is -3.54. The number of para-hydroxylation sites is 1. The number of anilines is 2. The molecule has 0 saturated carbocycles. The largest absolute Gasteiger partial charge is 0.496 e. The van der Waals surface area contributed by atoms with E-state index in [0.717, 1.165) is 83.9 Å². The number of aromatic nitrogens is 2. The Bertz CT molecular complexity index is 2840. The zero-order valence-corrected chi connectivity index (χ0v) is 42.6. The fraction of sp³-hybridized carbons (Fsp3) is 0.400. The lowest BCUT2D eigenvalue weighted by molar-refractivity contribution is 0.383. The molecule has 0 N–H and O–H groups in total. The molecule has 0 radical (unpaired) electrons. The van der Waals surface area contributed by atoms with E-state index >= 15 is 0 Å². The Morgan fingerprint density at radius 2 is 0.969 bits per heavy atom. The fourth-order valence-electron chi connectivity index (χ4n) is 8.75. The highest BCUT2D eigenvalue weighted by Gasteiger charge is 2.34. The zero-order valence-electron chi connectivity index (χ0n) is 39.4. The SMILES string of the molecule is COc1ccccc1Cc1csc(N2CCN(S(=O)(=O)c3c(C)c(C)cc(C)c3C)CC2)n1.Cc1cccc(Cc2csc(N3CCN(S(=O)(=O)c4c(C)c(C)cc(C)c4C)CC3)n2)c1. The number of benzene rings is 4. The Labute approximate surface area is 394 Å². The minimum Gasteiger partial charge on any atom is -0.496 e. The van der Waals surface area contributed by atoms with E-state index in [1.807, 2.05) is 73.6 Å². The van der Waals surface area contributed by atoms with Crippen LogP contribution in [0.2, 0.25) is 0 Å². The van der Waals surface area contributed by atoms with Gasteiger partial charge in [-0.1, -0.05) is 60.2 Å². The Morgan fingerprint density at radius 1 is 0.538 bits per heavy atom. The van der Waals surface area contributed by atoms with Crippen molar-refractivity contribution in [3.05, 3.63) is 144 Å². The third-order valence-corrected chi connectivity index (χ3v) is 19.2. The normalized spacial score (nSPS) is 15.2. The first kappa shape index (κ1) is 48.3. The summed E-state index contributed by atoms with van der Waals surface area (Å²) in [5.41, 5.74) is 13.2. The molecule has 8 rings (SSSR count).